The van der Waals surface area contributed by atoms with Crippen LogP contribution < -0.4 is 0 Å². The number of hydrogen-bond acceptors (Lipinski definition) is 3. The van der Waals surface area contributed by atoms with E-state index < -0.39 is 5.60 Å². The Balaban J connectivity index is 1.99. The molecule has 5 heteroatoms. The van der Waals surface area contributed by atoms with Crippen LogP contribution >= 0.6 is 11.6 Å². The van der Waals surface area contributed by atoms with E-state index >= 15 is 0 Å². The molecule has 2 aromatic rings. The van der Waals surface area contributed by atoms with Crippen molar-refractivity contribution >= 4 is 11.6 Å². The van der Waals surface area contributed by atoms with Gasteiger partial charge in [0.1, 0.15) is 5.82 Å². The zero-order chi connectivity index (χ0) is 20.7. The van der Waals surface area contributed by atoms with Gasteiger partial charge < -0.3 is 9.84 Å². The molecule has 1 saturated heterocycles. The van der Waals surface area contributed by atoms with Crippen LogP contribution in [0.5, 0.6) is 0 Å². The molecule has 0 amide bonds. The van der Waals surface area contributed by atoms with Gasteiger partial charge in [0.25, 0.3) is 0 Å². The Morgan fingerprint density at radius 1 is 1.07 bits per heavy atom. The fraction of sp³-hybridized carbons (Fsp3) is 0.500. The Hall–Kier alpha value is -1.46. The topological polar surface area (TPSA) is 32.7 Å². The van der Waals surface area contributed by atoms with Crippen molar-refractivity contribution in [2.45, 2.75) is 44.1 Å². The Morgan fingerprint density at radius 2 is 1.72 bits per heavy atom. The van der Waals surface area contributed by atoms with Crippen LogP contribution in [0.3, 0.4) is 0 Å². The lowest BCUT2D eigenvalue weighted by Gasteiger charge is -2.41. The standard InChI is InChI=1S/C24H31ClFNO2/c1-2-3-4-13-24(28,20-7-11-22(26)12-8-20)23(18-27-14-16-29-17-15-27)19-5-9-21(25)10-6-19/h5-12,23,28H,2-4,13-18H2,1H3/t23-,24+/m1/s1. The summed E-state index contributed by atoms with van der Waals surface area (Å²) in [6, 6.07) is 14.1. The monoisotopic (exact) mass is 419 g/mol. The predicted molar refractivity (Wildman–Crippen MR) is 116 cm³/mol. The number of aliphatic hydroxyl groups is 1. The van der Waals surface area contributed by atoms with Crippen molar-refractivity contribution in [1.82, 2.24) is 4.90 Å². The van der Waals surface area contributed by atoms with E-state index in [1.54, 1.807) is 12.1 Å². The quantitative estimate of drug-likeness (QED) is 0.555. The highest BCUT2D eigenvalue weighted by Gasteiger charge is 2.40. The van der Waals surface area contributed by atoms with Gasteiger partial charge in [0.05, 0.1) is 18.8 Å². The van der Waals surface area contributed by atoms with Crippen molar-refractivity contribution < 1.29 is 14.2 Å². The number of morpholine rings is 1. The van der Waals surface area contributed by atoms with Crippen molar-refractivity contribution in [3.05, 3.63) is 70.5 Å². The van der Waals surface area contributed by atoms with Crippen LogP contribution in [0.15, 0.2) is 48.5 Å². The molecule has 0 spiro atoms. The summed E-state index contributed by atoms with van der Waals surface area (Å²) in [4.78, 5) is 2.34. The maximum Gasteiger partial charge on any atom is 0.123 e. The number of benzene rings is 2. The first kappa shape index (κ1) is 22.2. The predicted octanol–water partition coefficient (Wildman–Crippen LogP) is 5.36. The minimum Gasteiger partial charge on any atom is -0.384 e. The van der Waals surface area contributed by atoms with Gasteiger partial charge in [0.2, 0.25) is 0 Å². The van der Waals surface area contributed by atoms with Crippen molar-refractivity contribution in [1.29, 1.82) is 0 Å². The number of halogens is 2. The first-order chi connectivity index (χ1) is 14.0. The fourth-order valence-electron chi connectivity index (χ4n) is 4.17. The summed E-state index contributed by atoms with van der Waals surface area (Å²) in [5, 5.41) is 12.8. The summed E-state index contributed by atoms with van der Waals surface area (Å²) in [6.45, 7) is 5.97. The molecule has 1 fully saturated rings. The third-order valence-corrected chi connectivity index (χ3v) is 6.15. The lowest BCUT2D eigenvalue weighted by atomic mass is 9.74. The number of nitrogens with zero attached hydrogens (tertiary/aromatic N) is 1. The Morgan fingerprint density at radius 3 is 2.34 bits per heavy atom. The van der Waals surface area contributed by atoms with E-state index in [0.717, 1.165) is 43.5 Å². The number of ether oxygens (including phenoxy) is 1. The molecule has 0 aromatic heterocycles. The molecular weight excluding hydrogens is 389 g/mol. The number of hydrogen-bond donors (Lipinski definition) is 1. The van der Waals surface area contributed by atoms with Gasteiger partial charge in [-0.15, -0.1) is 0 Å². The molecular formula is C24H31ClFNO2. The molecule has 29 heavy (non-hydrogen) atoms. The molecule has 0 radical (unpaired) electrons. The zero-order valence-corrected chi connectivity index (χ0v) is 17.9. The van der Waals surface area contributed by atoms with E-state index in [1.807, 2.05) is 24.3 Å². The van der Waals surface area contributed by atoms with E-state index in [1.165, 1.54) is 12.1 Å². The second kappa shape index (κ2) is 10.5. The molecule has 1 aliphatic heterocycles. The summed E-state index contributed by atoms with van der Waals surface area (Å²) in [6.07, 6.45) is 3.67. The van der Waals surface area contributed by atoms with Crippen LogP contribution in [0.2, 0.25) is 5.02 Å². The SMILES string of the molecule is CCCCC[C@](O)(c1ccc(F)cc1)[C@H](CN1CCOCC1)c1ccc(Cl)cc1. The summed E-state index contributed by atoms with van der Waals surface area (Å²) in [5.41, 5.74) is 0.724. The van der Waals surface area contributed by atoms with Gasteiger partial charge in [-0.05, 0) is 41.8 Å². The Kier molecular flexibility index (Phi) is 8.07. The van der Waals surface area contributed by atoms with Crippen molar-refractivity contribution in [2.75, 3.05) is 32.8 Å². The van der Waals surface area contributed by atoms with Gasteiger partial charge >= 0.3 is 0 Å². The molecule has 2 atom stereocenters. The van der Waals surface area contributed by atoms with Crippen LogP contribution in [-0.2, 0) is 10.3 Å². The lowest BCUT2D eigenvalue weighted by molar-refractivity contribution is -0.0296. The van der Waals surface area contributed by atoms with Crippen LogP contribution in [0.25, 0.3) is 0 Å². The molecule has 1 N–H and O–H groups in total. The van der Waals surface area contributed by atoms with Crippen LogP contribution in [0.1, 0.15) is 49.7 Å². The maximum atomic E-state index is 13.6. The zero-order valence-electron chi connectivity index (χ0n) is 17.1. The van der Waals surface area contributed by atoms with E-state index in [-0.39, 0.29) is 11.7 Å². The summed E-state index contributed by atoms with van der Waals surface area (Å²) < 4.78 is 19.1. The molecule has 2 aromatic carbocycles. The van der Waals surface area contributed by atoms with Crippen molar-refractivity contribution in [2.24, 2.45) is 0 Å². The molecule has 3 nitrogen and oxygen atoms in total. The molecule has 158 valence electrons. The molecule has 0 aliphatic carbocycles. The van der Waals surface area contributed by atoms with Gasteiger partial charge in [-0.1, -0.05) is 62.1 Å². The third-order valence-electron chi connectivity index (χ3n) is 5.90. The van der Waals surface area contributed by atoms with E-state index in [2.05, 4.69) is 11.8 Å². The number of rotatable bonds is 9. The molecule has 1 aliphatic rings. The summed E-state index contributed by atoms with van der Waals surface area (Å²) in [7, 11) is 0. The molecule has 3 rings (SSSR count). The first-order valence-electron chi connectivity index (χ1n) is 10.6. The third kappa shape index (κ3) is 5.79. The molecule has 0 saturated carbocycles. The summed E-state index contributed by atoms with van der Waals surface area (Å²) in [5.74, 6) is -0.443. The van der Waals surface area contributed by atoms with Gasteiger partial charge in [-0.25, -0.2) is 4.39 Å². The van der Waals surface area contributed by atoms with Crippen LogP contribution in [0, 0.1) is 5.82 Å². The Bertz CT molecular complexity index is 746. The molecule has 0 unspecified atom stereocenters. The van der Waals surface area contributed by atoms with Gasteiger partial charge in [0, 0.05) is 30.6 Å². The molecule has 1 heterocycles. The average molecular weight is 420 g/mol. The Labute approximate surface area is 178 Å². The fourth-order valence-corrected chi connectivity index (χ4v) is 4.30. The van der Waals surface area contributed by atoms with E-state index in [0.29, 0.717) is 31.2 Å². The average Bonchev–Trinajstić information content (AvgIpc) is 2.74. The van der Waals surface area contributed by atoms with Crippen molar-refractivity contribution in [3.8, 4) is 0 Å². The number of unbranched alkanes of at least 4 members (excludes halogenated alkanes) is 2. The maximum absolute atomic E-state index is 13.6. The smallest absolute Gasteiger partial charge is 0.123 e. The second-order valence-electron chi connectivity index (χ2n) is 7.91. The van der Waals surface area contributed by atoms with Crippen LogP contribution in [0.4, 0.5) is 4.39 Å². The summed E-state index contributed by atoms with van der Waals surface area (Å²) >= 11 is 6.13. The van der Waals surface area contributed by atoms with E-state index in [4.69, 9.17) is 16.3 Å². The highest BCUT2D eigenvalue weighted by molar-refractivity contribution is 6.30. The van der Waals surface area contributed by atoms with Crippen LogP contribution in [-0.4, -0.2) is 42.9 Å². The van der Waals surface area contributed by atoms with Gasteiger partial charge in [0.15, 0.2) is 0 Å². The minimum atomic E-state index is -1.09. The highest BCUT2D eigenvalue weighted by Crippen LogP contribution is 2.42. The van der Waals surface area contributed by atoms with Gasteiger partial charge in [-0.2, -0.15) is 0 Å². The molecule has 0 bridgehead atoms. The first-order valence-corrected chi connectivity index (χ1v) is 10.9. The van der Waals surface area contributed by atoms with Gasteiger partial charge in [-0.3, -0.25) is 4.90 Å². The lowest BCUT2D eigenvalue weighted by Crippen LogP contribution is -2.45. The minimum absolute atomic E-state index is 0.153. The van der Waals surface area contributed by atoms with Crippen molar-refractivity contribution in [3.63, 3.8) is 0 Å². The second-order valence-corrected chi connectivity index (χ2v) is 8.34. The highest BCUT2D eigenvalue weighted by atomic mass is 35.5. The normalized spacial score (nSPS) is 18.3. The van der Waals surface area contributed by atoms with E-state index in [9.17, 15) is 9.50 Å². The largest absolute Gasteiger partial charge is 0.384 e.